The molecule has 0 aliphatic heterocycles. The third-order valence-corrected chi connectivity index (χ3v) is 4.81. The smallest absolute Gasteiger partial charge is 0.00472 e. The molecule has 0 aromatic carbocycles. The molecule has 0 unspecified atom stereocenters. The molecule has 0 radical (unpaired) electrons. The number of nitrogens with zero attached hydrogens (tertiary/aromatic N) is 1. The molecule has 0 bridgehead atoms. The van der Waals surface area contributed by atoms with Gasteiger partial charge in [0.05, 0.1) is 0 Å². The van der Waals surface area contributed by atoms with E-state index in [9.17, 15) is 0 Å². The maximum Gasteiger partial charge on any atom is 0.00472 e. The molecule has 17 heavy (non-hydrogen) atoms. The molecule has 0 aromatic rings. The fourth-order valence-electron chi connectivity index (χ4n) is 3.66. The number of rotatable bonds is 7. The van der Waals surface area contributed by atoms with Crippen molar-refractivity contribution in [3.05, 3.63) is 0 Å². The molecule has 0 saturated heterocycles. The van der Waals surface area contributed by atoms with Crippen molar-refractivity contribution in [2.45, 2.75) is 51.9 Å². The highest BCUT2D eigenvalue weighted by molar-refractivity contribution is 4.89. The molecular weight excluding hydrogens is 208 g/mol. The molecule has 0 aromatic heterocycles. The Balaban J connectivity index is 1.78. The monoisotopic (exact) mass is 238 g/mol. The van der Waals surface area contributed by atoms with E-state index in [1.165, 1.54) is 64.6 Å². The minimum absolute atomic E-state index is 0.592. The molecule has 1 N–H and O–H groups in total. The van der Waals surface area contributed by atoms with Crippen molar-refractivity contribution in [3.8, 4) is 0 Å². The van der Waals surface area contributed by atoms with Crippen molar-refractivity contribution >= 4 is 0 Å². The Morgan fingerprint density at radius 2 is 1.88 bits per heavy atom. The van der Waals surface area contributed by atoms with Gasteiger partial charge in [-0.2, -0.15) is 0 Å². The molecule has 100 valence electrons. The summed E-state index contributed by atoms with van der Waals surface area (Å²) in [4.78, 5) is 2.62. The van der Waals surface area contributed by atoms with Crippen LogP contribution in [0.25, 0.3) is 0 Å². The zero-order valence-electron chi connectivity index (χ0n) is 11.8. The summed E-state index contributed by atoms with van der Waals surface area (Å²) in [7, 11) is 2.34. The van der Waals surface area contributed by atoms with E-state index in [-0.39, 0.29) is 0 Å². The lowest BCUT2D eigenvalue weighted by Gasteiger charge is -2.37. The van der Waals surface area contributed by atoms with Crippen LogP contribution in [-0.4, -0.2) is 38.1 Å². The van der Waals surface area contributed by atoms with E-state index < -0.39 is 0 Å². The largest absolute Gasteiger partial charge is 0.316 e. The standard InChI is InChI=1S/C15H30N2/c1-3-16-12-15(9-4-5-10-15)13-17(2)11-14-7-6-8-14/h14,16H,3-13H2,1-2H3. The van der Waals surface area contributed by atoms with Gasteiger partial charge in [-0.05, 0) is 50.6 Å². The first-order chi connectivity index (χ1) is 8.24. The van der Waals surface area contributed by atoms with Gasteiger partial charge in [-0.3, -0.25) is 0 Å². The first-order valence-corrected chi connectivity index (χ1v) is 7.63. The van der Waals surface area contributed by atoms with Gasteiger partial charge in [0.2, 0.25) is 0 Å². The predicted octanol–water partition coefficient (Wildman–Crippen LogP) is 2.89. The molecule has 0 heterocycles. The number of nitrogens with one attached hydrogen (secondary N) is 1. The van der Waals surface area contributed by atoms with Crippen molar-refractivity contribution in [2.24, 2.45) is 11.3 Å². The zero-order chi connectivity index (χ0) is 12.1. The van der Waals surface area contributed by atoms with E-state index in [0.717, 1.165) is 12.5 Å². The van der Waals surface area contributed by atoms with Crippen LogP contribution in [0.2, 0.25) is 0 Å². The van der Waals surface area contributed by atoms with Gasteiger partial charge in [-0.25, -0.2) is 0 Å². The van der Waals surface area contributed by atoms with E-state index in [1.807, 2.05) is 0 Å². The Labute approximate surface area is 107 Å². The lowest BCUT2D eigenvalue weighted by atomic mass is 9.83. The molecule has 0 atom stereocenters. The van der Waals surface area contributed by atoms with Crippen LogP contribution in [0.5, 0.6) is 0 Å². The fourth-order valence-corrected chi connectivity index (χ4v) is 3.66. The topological polar surface area (TPSA) is 15.3 Å². The first kappa shape index (κ1) is 13.4. The van der Waals surface area contributed by atoms with Crippen molar-refractivity contribution < 1.29 is 0 Å². The molecular formula is C15H30N2. The van der Waals surface area contributed by atoms with Crippen LogP contribution in [0, 0.1) is 11.3 Å². The molecule has 2 saturated carbocycles. The molecule has 2 fully saturated rings. The maximum atomic E-state index is 3.59. The molecule has 0 amide bonds. The lowest BCUT2D eigenvalue weighted by Crippen LogP contribution is -2.43. The summed E-state index contributed by atoms with van der Waals surface area (Å²) in [5.41, 5.74) is 0.592. The summed E-state index contributed by atoms with van der Waals surface area (Å²) >= 11 is 0. The Hall–Kier alpha value is -0.0800. The molecule has 2 aliphatic carbocycles. The van der Waals surface area contributed by atoms with Crippen LogP contribution in [0.15, 0.2) is 0 Å². The second-order valence-electron chi connectivity index (χ2n) is 6.48. The van der Waals surface area contributed by atoms with Crippen LogP contribution < -0.4 is 5.32 Å². The van der Waals surface area contributed by atoms with Gasteiger partial charge in [0, 0.05) is 19.6 Å². The highest BCUT2D eigenvalue weighted by atomic mass is 15.1. The first-order valence-electron chi connectivity index (χ1n) is 7.63. The maximum absolute atomic E-state index is 3.59. The minimum atomic E-state index is 0.592. The van der Waals surface area contributed by atoms with Crippen molar-refractivity contribution in [1.29, 1.82) is 0 Å². The number of hydrogen-bond donors (Lipinski definition) is 1. The number of hydrogen-bond acceptors (Lipinski definition) is 2. The van der Waals surface area contributed by atoms with E-state index in [2.05, 4.69) is 24.2 Å². The Morgan fingerprint density at radius 3 is 2.41 bits per heavy atom. The molecule has 2 aliphatic rings. The van der Waals surface area contributed by atoms with Crippen LogP contribution in [0.1, 0.15) is 51.9 Å². The normalized spacial score (nSPS) is 24.2. The molecule has 0 spiro atoms. The summed E-state index contributed by atoms with van der Waals surface area (Å²) in [6.45, 7) is 7.23. The average molecular weight is 238 g/mol. The summed E-state index contributed by atoms with van der Waals surface area (Å²) in [6.07, 6.45) is 10.2. The van der Waals surface area contributed by atoms with Gasteiger partial charge in [-0.1, -0.05) is 26.2 Å². The summed E-state index contributed by atoms with van der Waals surface area (Å²) in [5.74, 6) is 1.01. The Bertz CT molecular complexity index is 217. The van der Waals surface area contributed by atoms with Gasteiger partial charge in [0.15, 0.2) is 0 Å². The van der Waals surface area contributed by atoms with Crippen molar-refractivity contribution in [1.82, 2.24) is 10.2 Å². The summed E-state index contributed by atoms with van der Waals surface area (Å²) < 4.78 is 0. The second-order valence-corrected chi connectivity index (χ2v) is 6.48. The third kappa shape index (κ3) is 3.69. The Kier molecular flexibility index (Phi) is 4.87. The third-order valence-electron chi connectivity index (χ3n) is 4.81. The minimum Gasteiger partial charge on any atom is -0.316 e. The van der Waals surface area contributed by atoms with E-state index in [1.54, 1.807) is 0 Å². The molecule has 2 rings (SSSR count). The van der Waals surface area contributed by atoms with Crippen molar-refractivity contribution in [3.63, 3.8) is 0 Å². The summed E-state index contributed by atoms with van der Waals surface area (Å²) in [6, 6.07) is 0. The van der Waals surface area contributed by atoms with Gasteiger partial charge >= 0.3 is 0 Å². The summed E-state index contributed by atoms with van der Waals surface area (Å²) in [5, 5.41) is 3.59. The lowest BCUT2D eigenvalue weighted by molar-refractivity contribution is 0.134. The van der Waals surface area contributed by atoms with Gasteiger partial charge < -0.3 is 10.2 Å². The van der Waals surface area contributed by atoms with Gasteiger partial charge in [-0.15, -0.1) is 0 Å². The van der Waals surface area contributed by atoms with E-state index >= 15 is 0 Å². The van der Waals surface area contributed by atoms with Crippen LogP contribution in [0.3, 0.4) is 0 Å². The molecule has 2 nitrogen and oxygen atoms in total. The quantitative estimate of drug-likeness (QED) is 0.733. The van der Waals surface area contributed by atoms with Gasteiger partial charge in [0.1, 0.15) is 0 Å². The second kappa shape index (κ2) is 6.19. The van der Waals surface area contributed by atoms with Gasteiger partial charge in [0.25, 0.3) is 0 Å². The SMILES string of the molecule is CCNCC1(CN(C)CC2CCC2)CCCC1. The van der Waals surface area contributed by atoms with E-state index in [0.29, 0.717) is 5.41 Å². The van der Waals surface area contributed by atoms with Crippen LogP contribution in [-0.2, 0) is 0 Å². The highest BCUT2D eigenvalue weighted by Gasteiger charge is 2.34. The zero-order valence-corrected chi connectivity index (χ0v) is 11.8. The van der Waals surface area contributed by atoms with Crippen LogP contribution in [0.4, 0.5) is 0 Å². The predicted molar refractivity (Wildman–Crippen MR) is 74.3 cm³/mol. The highest BCUT2D eigenvalue weighted by Crippen LogP contribution is 2.38. The molecule has 2 heteroatoms. The van der Waals surface area contributed by atoms with E-state index in [4.69, 9.17) is 0 Å². The average Bonchev–Trinajstić information content (AvgIpc) is 2.70. The van der Waals surface area contributed by atoms with Crippen molar-refractivity contribution in [2.75, 3.05) is 33.2 Å². The fraction of sp³-hybridized carbons (Fsp3) is 1.00. The van der Waals surface area contributed by atoms with Crippen LogP contribution >= 0.6 is 0 Å². The Morgan fingerprint density at radius 1 is 1.18 bits per heavy atom.